The third-order valence-electron chi connectivity index (χ3n) is 3.99. The van der Waals surface area contributed by atoms with Gasteiger partial charge in [0.25, 0.3) is 15.9 Å². The number of alkyl halides is 3. The summed E-state index contributed by atoms with van der Waals surface area (Å²) in [6.07, 6.45) is -4.49. The lowest BCUT2D eigenvalue weighted by Crippen LogP contribution is -2.15. The molecule has 0 saturated heterocycles. The van der Waals surface area contributed by atoms with Crippen LogP contribution in [-0.2, 0) is 16.2 Å². The van der Waals surface area contributed by atoms with Crippen molar-refractivity contribution in [2.45, 2.75) is 11.1 Å². The summed E-state index contributed by atoms with van der Waals surface area (Å²) in [7, 11) is -3.88. The van der Waals surface area contributed by atoms with Crippen LogP contribution < -0.4 is 10.0 Å². The van der Waals surface area contributed by atoms with E-state index in [1.807, 2.05) is 0 Å². The fourth-order valence-corrected chi connectivity index (χ4v) is 3.79. The summed E-state index contributed by atoms with van der Waals surface area (Å²) in [6, 6.07) is 15.5. The molecule has 3 rings (SSSR count). The van der Waals surface area contributed by atoms with Crippen molar-refractivity contribution in [3.63, 3.8) is 0 Å². The summed E-state index contributed by atoms with van der Waals surface area (Å²) in [4.78, 5) is 12.5. The standard InChI is InChI=1S/C20H14ClF3N2O3S/c21-18-11-10-15(26-30(28,29)16-4-2-1-3-5-16)12-17(18)19(27)25-14-8-6-13(7-9-14)20(22,23)24/h1-12,26H,(H,25,27). The number of benzene rings is 3. The van der Waals surface area contributed by atoms with Crippen LogP contribution in [0.5, 0.6) is 0 Å². The van der Waals surface area contributed by atoms with Crippen LogP contribution in [0.3, 0.4) is 0 Å². The maximum atomic E-state index is 12.6. The van der Waals surface area contributed by atoms with Crippen molar-refractivity contribution >= 4 is 38.9 Å². The topological polar surface area (TPSA) is 75.3 Å². The number of sulfonamides is 1. The van der Waals surface area contributed by atoms with Gasteiger partial charge in [0, 0.05) is 11.4 Å². The van der Waals surface area contributed by atoms with E-state index in [0.717, 1.165) is 24.3 Å². The van der Waals surface area contributed by atoms with Crippen LogP contribution in [0.1, 0.15) is 15.9 Å². The summed E-state index contributed by atoms with van der Waals surface area (Å²) < 4.78 is 65.1. The van der Waals surface area contributed by atoms with E-state index in [9.17, 15) is 26.4 Å². The minimum Gasteiger partial charge on any atom is -0.322 e. The second kappa shape index (κ2) is 8.37. The van der Waals surface area contributed by atoms with E-state index in [1.165, 1.54) is 30.3 Å². The Hall–Kier alpha value is -3.04. The van der Waals surface area contributed by atoms with Gasteiger partial charge >= 0.3 is 6.18 Å². The summed E-state index contributed by atoms with van der Waals surface area (Å²) in [5, 5.41) is 2.48. The van der Waals surface area contributed by atoms with E-state index in [0.29, 0.717) is 0 Å². The quantitative estimate of drug-likeness (QED) is 0.541. The van der Waals surface area contributed by atoms with Gasteiger partial charge in [-0.1, -0.05) is 29.8 Å². The normalized spacial score (nSPS) is 11.7. The van der Waals surface area contributed by atoms with Gasteiger partial charge in [-0.2, -0.15) is 13.2 Å². The predicted molar refractivity (Wildman–Crippen MR) is 108 cm³/mol. The van der Waals surface area contributed by atoms with Gasteiger partial charge in [-0.25, -0.2) is 8.42 Å². The SMILES string of the molecule is O=C(Nc1ccc(C(F)(F)F)cc1)c1cc(NS(=O)(=O)c2ccccc2)ccc1Cl. The van der Waals surface area contributed by atoms with Crippen molar-refractivity contribution in [1.29, 1.82) is 0 Å². The van der Waals surface area contributed by atoms with Gasteiger partial charge in [0.15, 0.2) is 0 Å². The fraction of sp³-hybridized carbons (Fsp3) is 0.0500. The molecular formula is C20H14ClF3N2O3S. The molecule has 0 unspecified atom stereocenters. The third kappa shape index (κ3) is 5.11. The van der Waals surface area contributed by atoms with Crippen LogP contribution in [0.4, 0.5) is 24.5 Å². The van der Waals surface area contributed by atoms with E-state index in [4.69, 9.17) is 11.6 Å². The van der Waals surface area contributed by atoms with Gasteiger partial charge in [0.1, 0.15) is 0 Å². The molecule has 156 valence electrons. The summed E-state index contributed by atoms with van der Waals surface area (Å²) >= 11 is 6.04. The third-order valence-corrected chi connectivity index (χ3v) is 5.71. The van der Waals surface area contributed by atoms with Crippen LogP contribution in [0, 0.1) is 0 Å². The van der Waals surface area contributed by atoms with Crippen LogP contribution in [0.2, 0.25) is 5.02 Å². The molecule has 0 spiro atoms. The first-order valence-corrected chi connectivity index (χ1v) is 10.3. The highest BCUT2D eigenvalue weighted by molar-refractivity contribution is 7.92. The first-order valence-electron chi connectivity index (χ1n) is 8.42. The zero-order valence-corrected chi connectivity index (χ0v) is 16.6. The summed E-state index contributed by atoms with van der Waals surface area (Å²) in [5.41, 5.74) is -0.680. The summed E-state index contributed by atoms with van der Waals surface area (Å²) in [5.74, 6) is -0.708. The number of halogens is 4. The molecule has 10 heteroatoms. The molecule has 3 aromatic rings. The van der Waals surface area contributed by atoms with Gasteiger partial charge in [0.2, 0.25) is 0 Å². The van der Waals surface area contributed by atoms with Gasteiger partial charge in [-0.15, -0.1) is 0 Å². The van der Waals surface area contributed by atoms with E-state index < -0.39 is 27.7 Å². The minimum absolute atomic E-state index is 0.0377. The Balaban J connectivity index is 1.80. The molecule has 0 aliphatic heterocycles. The number of amides is 1. The number of rotatable bonds is 5. The molecule has 0 heterocycles. The Morgan fingerprint density at radius 2 is 1.47 bits per heavy atom. The van der Waals surface area contributed by atoms with Gasteiger partial charge in [-0.05, 0) is 54.6 Å². The van der Waals surface area contributed by atoms with E-state index in [1.54, 1.807) is 18.2 Å². The molecule has 0 aromatic heterocycles. The van der Waals surface area contributed by atoms with Gasteiger partial charge in [0.05, 0.1) is 21.0 Å². The maximum absolute atomic E-state index is 12.6. The van der Waals surface area contributed by atoms with Gasteiger partial charge in [-0.3, -0.25) is 9.52 Å². The Morgan fingerprint density at radius 1 is 0.867 bits per heavy atom. The molecule has 0 bridgehead atoms. The average molecular weight is 455 g/mol. The Morgan fingerprint density at radius 3 is 2.07 bits per heavy atom. The number of carbonyl (C=O) groups is 1. The van der Waals surface area contributed by atoms with E-state index in [2.05, 4.69) is 10.0 Å². The lowest BCUT2D eigenvalue weighted by Gasteiger charge is -2.12. The van der Waals surface area contributed by atoms with Crippen LogP contribution in [-0.4, -0.2) is 14.3 Å². The van der Waals surface area contributed by atoms with Crippen molar-refractivity contribution in [3.8, 4) is 0 Å². The smallest absolute Gasteiger partial charge is 0.322 e. The largest absolute Gasteiger partial charge is 0.416 e. The molecule has 3 aromatic carbocycles. The number of hydrogen-bond acceptors (Lipinski definition) is 3. The van der Waals surface area contributed by atoms with Gasteiger partial charge < -0.3 is 5.32 Å². The molecule has 1 amide bonds. The molecular weight excluding hydrogens is 441 g/mol. The highest BCUT2D eigenvalue weighted by atomic mass is 35.5. The van der Waals surface area contributed by atoms with Crippen molar-refractivity contribution in [3.05, 3.63) is 88.9 Å². The first kappa shape index (κ1) is 21.7. The fourth-order valence-electron chi connectivity index (χ4n) is 2.52. The number of nitrogens with one attached hydrogen (secondary N) is 2. The Labute approximate surface area is 175 Å². The zero-order chi connectivity index (χ0) is 21.9. The summed E-state index contributed by atoms with van der Waals surface area (Å²) in [6.45, 7) is 0. The minimum atomic E-state index is -4.49. The molecule has 0 radical (unpaired) electrons. The van der Waals surface area contributed by atoms with E-state index in [-0.39, 0.29) is 26.9 Å². The lowest BCUT2D eigenvalue weighted by molar-refractivity contribution is -0.137. The van der Waals surface area contributed by atoms with Crippen molar-refractivity contribution in [2.75, 3.05) is 10.0 Å². The molecule has 5 nitrogen and oxygen atoms in total. The molecule has 2 N–H and O–H groups in total. The molecule has 0 aliphatic carbocycles. The number of anilines is 2. The van der Waals surface area contributed by atoms with Crippen LogP contribution >= 0.6 is 11.6 Å². The predicted octanol–water partition coefficient (Wildman–Crippen LogP) is 5.41. The highest BCUT2D eigenvalue weighted by Crippen LogP contribution is 2.30. The highest BCUT2D eigenvalue weighted by Gasteiger charge is 2.30. The molecule has 0 atom stereocenters. The maximum Gasteiger partial charge on any atom is 0.416 e. The van der Waals surface area contributed by atoms with Crippen LogP contribution in [0.25, 0.3) is 0 Å². The average Bonchev–Trinajstić information content (AvgIpc) is 2.69. The molecule has 30 heavy (non-hydrogen) atoms. The first-order chi connectivity index (χ1) is 14.1. The van der Waals surface area contributed by atoms with Crippen LogP contribution in [0.15, 0.2) is 77.7 Å². The Bertz CT molecular complexity index is 1170. The van der Waals surface area contributed by atoms with Crippen molar-refractivity contribution in [1.82, 2.24) is 0 Å². The number of hydrogen-bond donors (Lipinski definition) is 2. The molecule has 0 saturated carbocycles. The zero-order valence-electron chi connectivity index (χ0n) is 15.1. The monoisotopic (exact) mass is 454 g/mol. The second-order valence-electron chi connectivity index (χ2n) is 6.14. The van der Waals surface area contributed by atoms with Crippen molar-refractivity contribution < 1.29 is 26.4 Å². The lowest BCUT2D eigenvalue weighted by atomic mass is 10.1. The second-order valence-corrected chi connectivity index (χ2v) is 8.23. The van der Waals surface area contributed by atoms with Crippen molar-refractivity contribution in [2.24, 2.45) is 0 Å². The molecule has 0 aliphatic rings. The number of carbonyl (C=O) groups excluding carboxylic acids is 1. The van der Waals surface area contributed by atoms with E-state index >= 15 is 0 Å². The Kier molecular flexibility index (Phi) is 6.04. The molecule has 0 fully saturated rings.